The van der Waals surface area contributed by atoms with Gasteiger partial charge in [0.25, 0.3) is 0 Å². The third kappa shape index (κ3) is 5.07. The first-order chi connectivity index (χ1) is 15.5. The highest BCUT2D eigenvalue weighted by Gasteiger charge is 2.29. The molecule has 2 fully saturated rings. The van der Waals surface area contributed by atoms with Crippen LogP contribution >= 0.6 is 11.6 Å². The fourth-order valence-electron chi connectivity index (χ4n) is 3.87. The third-order valence-corrected chi connectivity index (χ3v) is 7.94. The summed E-state index contributed by atoms with van der Waals surface area (Å²) < 4.78 is 38.7. The van der Waals surface area contributed by atoms with Crippen LogP contribution in [0.4, 0.5) is 4.79 Å². The van der Waals surface area contributed by atoms with E-state index in [2.05, 4.69) is 5.32 Å². The van der Waals surface area contributed by atoms with Crippen molar-refractivity contribution >= 4 is 27.7 Å². The summed E-state index contributed by atoms with van der Waals surface area (Å²) in [6.07, 6.45) is -0.308. The zero-order valence-electron chi connectivity index (χ0n) is 17.6. The monoisotopic (exact) mass is 479 g/mol. The van der Waals surface area contributed by atoms with Gasteiger partial charge in [0.1, 0.15) is 6.10 Å². The predicted molar refractivity (Wildman–Crippen MR) is 120 cm³/mol. The molecule has 2 aromatic rings. The average molecular weight is 480 g/mol. The maximum absolute atomic E-state index is 13.1. The number of hydrogen-bond donors (Lipinski definition) is 1. The maximum Gasteiger partial charge on any atom is 0.317 e. The van der Waals surface area contributed by atoms with Gasteiger partial charge in [-0.3, -0.25) is 0 Å². The lowest BCUT2D eigenvalue weighted by atomic mass is 10.1. The van der Waals surface area contributed by atoms with Crippen molar-refractivity contribution in [3.05, 3.63) is 64.7 Å². The Bertz CT molecular complexity index is 1060. The Labute approximate surface area is 193 Å². The highest BCUT2D eigenvalue weighted by atomic mass is 35.5. The molecule has 0 spiro atoms. The van der Waals surface area contributed by atoms with E-state index in [-0.39, 0.29) is 23.6 Å². The van der Waals surface area contributed by atoms with E-state index in [4.69, 9.17) is 21.1 Å². The molecule has 2 amide bonds. The molecule has 0 aliphatic carbocycles. The summed E-state index contributed by atoms with van der Waals surface area (Å²) in [5, 5.41) is 3.46. The van der Waals surface area contributed by atoms with Crippen LogP contribution < -0.4 is 5.32 Å². The number of carbonyl (C=O) groups is 1. The molecule has 1 N–H and O–H groups in total. The van der Waals surface area contributed by atoms with Gasteiger partial charge in [-0.05, 0) is 17.7 Å². The highest BCUT2D eigenvalue weighted by Crippen LogP contribution is 2.28. The molecule has 32 heavy (non-hydrogen) atoms. The number of carbonyl (C=O) groups excluding carboxylic acids is 1. The lowest BCUT2D eigenvalue weighted by molar-refractivity contribution is -0.0154. The van der Waals surface area contributed by atoms with Gasteiger partial charge in [0.05, 0.1) is 31.3 Å². The van der Waals surface area contributed by atoms with E-state index in [9.17, 15) is 13.2 Å². The fraction of sp³-hybridized carbons (Fsp3) is 0.409. The maximum atomic E-state index is 13.1. The second-order valence-electron chi connectivity index (χ2n) is 7.61. The molecule has 2 aliphatic rings. The van der Waals surface area contributed by atoms with Gasteiger partial charge in [0.2, 0.25) is 10.0 Å². The van der Waals surface area contributed by atoms with E-state index in [1.54, 1.807) is 35.2 Å². The van der Waals surface area contributed by atoms with Crippen LogP contribution in [-0.4, -0.2) is 69.7 Å². The molecule has 8 nitrogen and oxygen atoms in total. The summed E-state index contributed by atoms with van der Waals surface area (Å²) in [6.45, 7) is 2.70. The minimum Gasteiger partial charge on any atom is -0.379 e. The first-order valence-electron chi connectivity index (χ1n) is 10.5. The number of rotatable bonds is 5. The van der Waals surface area contributed by atoms with Crippen LogP contribution in [-0.2, 0) is 26.0 Å². The summed E-state index contributed by atoms with van der Waals surface area (Å²) in [4.78, 5) is 14.7. The van der Waals surface area contributed by atoms with Crippen molar-refractivity contribution in [3.63, 3.8) is 0 Å². The topological polar surface area (TPSA) is 88.2 Å². The number of hydrogen-bond acceptors (Lipinski definition) is 5. The molecule has 2 heterocycles. The van der Waals surface area contributed by atoms with Gasteiger partial charge >= 0.3 is 6.03 Å². The number of ether oxygens (including phenoxy) is 2. The lowest BCUT2D eigenvalue weighted by Gasteiger charge is -2.33. The summed E-state index contributed by atoms with van der Waals surface area (Å²) >= 11 is 6.28. The fourth-order valence-corrected chi connectivity index (χ4v) is 5.76. The molecule has 1 atom stereocenters. The molecular weight excluding hydrogens is 454 g/mol. The molecule has 4 rings (SSSR count). The summed E-state index contributed by atoms with van der Waals surface area (Å²) in [6, 6.07) is 13.9. The van der Waals surface area contributed by atoms with Crippen LogP contribution in [0.5, 0.6) is 0 Å². The minimum atomic E-state index is -3.66. The smallest absolute Gasteiger partial charge is 0.317 e. The second kappa shape index (κ2) is 10.2. The Balaban J connectivity index is 1.43. The number of halogens is 1. The molecule has 10 heteroatoms. The van der Waals surface area contributed by atoms with E-state index in [1.807, 2.05) is 18.2 Å². The van der Waals surface area contributed by atoms with E-state index >= 15 is 0 Å². The van der Waals surface area contributed by atoms with Crippen LogP contribution in [0.25, 0.3) is 0 Å². The number of urea groups is 1. The number of nitrogens with one attached hydrogen (secondary N) is 1. The van der Waals surface area contributed by atoms with Crippen molar-refractivity contribution in [3.8, 4) is 0 Å². The molecular formula is C22H26ClN3O5S. The average Bonchev–Trinajstić information content (AvgIpc) is 2.83. The van der Waals surface area contributed by atoms with Crippen LogP contribution in [0.3, 0.4) is 0 Å². The van der Waals surface area contributed by atoms with Crippen molar-refractivity contribution in [2.75, 3.05) is 46.0 Å². The predicted octanol–water partition coefficient (Wildman–Crippen LogP) is 2.64. The second-order valence-corrected chi connectivity index (χ2v) is 9.92. The van der Waals surface area contributed by atoms with Crippen molar-refractivity contribution in [1.82, 2.24) is 14.5 Å². The molecule has 172 valence electrons. The molecule has 2 aliphatic heterocycles. The van der Waals surface area contributed by atoms with Gasteiger partial charge < -0.3 is 19.7 Å². The SMILES string of the molecule is O=C(NCc1ccccc1S(=O)(=O)N1CCOCC1)N1CCOC(c2ccccc2Cl)C1. The molecule has 1 unspecified atom stereocenters. The largest absolute Gasteiger partial charge is 0.379 e. The van der Waals surface area contributed by atoms with Gasteiger partial charge in [-0.1, -0.05) is 48.0 Å². The first-order valence-corrected chi connectivity index (χ1v) is 12.3. The lowest BCUT2D eigenvalue weighted by Crippen LogP contribution is -2.47. The van der Waals surface area contributed by atoms with Gasteiger partial charge in [-0.25, -0.2) is 13.2 Å². The molecule has 2 saturated heterocycles. The van der Waals surface area contributed by atoms with Crippen molar-refractivity contribution in [2.24, 2.45) is 0 Å². The van der Waals surface area contributed by atoms with E-state index < -0.39 is 10.0 Å². The van der Waals surface area contributed by atoms with E-state index in [0.717, 1.165) is 5.56 Å². The number of amides is 2. The number of nitrogens with zero attached hydrogens (tertiary/aromatic N) is 2. The summed E-state index contributed by atoms with van der Waals surface area (Å²) in [5.41, 5.74) is 1.39. The van der Waals surface area contributed by atoms with Crippen LogP contribution in [0.15, 0.2) is 53.4 Å². The van der Waals surface area contributed by atoms with Crippen LogP contribution in [0, 0.1) is 0 Å². The van der Waals surface area contributed by atoms with E-state index in [1.165, 1.54) is 4.31 Å². The van der Waals surface area contributed by atoms with Gasteiger partial charge in [-0.2, -0.15) is 4.31 Å². The molecule has 0 saturated carbocycles. The van der Waals surface area contributed by atoms with Gasteiger partial charge in [-0.15, -0.1) is 0 Å². The standard InChI is InChI=1S/C22H26ClN3O5S/c23-19-7-3-2-6-18(19)20-16-25(9-14-31-20)22(27)24-15-17-5-1-4-8-21(17)32(28,29)26-10-12-30-13-11-26/h1-8,20H,9-16H2,(H,24,27). The Hall–Kier alpha value is -2.17. The quantitative estimate of drug-likeness (QED) is 0.712. The summed E-state index contributed by atoms with van der Waals surface area (Å²) in [7, 11) is -3.66. The number of benzene rings is 2. The normalized spacial score (nSPS) is 20.2. The third-order valence-electron chi connectivity index (χ3n) is 5.60. The molecule has 0 aromatic heterocycles. The Morgan fingerprint density at radius 1 is 1.03 bits per heavy atom. The van der Waals surface area contributed by atoms with Crippen molar-refractivity contribution in [1.29, 1.82) is 0 Å². The zero-order chi connectivity index (χ0) is 22.6. The Morgan fingerprint density at radius 3 is 2.53 bits per heavy atom. The van der Waals surface area contributed by atoms with Gasteiger partial charge in [0, 0.05) is 36.8 Å². The molecule has 2 aromatic carbocycles. The van der Waals surface area contributed by atoms with Crippen molar-refractivity contribution < 1.29 is 22.7 Å². The molecule has 0 radical (unpaired) electrons. The summed E-state index contributed by atoms with van der Waals surface area (Å²) in [5.74, 6) is 0. The van der Waals surface area contributed by atoms with E-state index in [0.29, 0.717) is 56.6 Å². The Morgan fingerprint density at radius 2 is 1.75 bits per heavy atom. The number of sulfonamides is 1. The van der Waals surface area contributed by atoms with Crippen molar-refractivity contribution in [2.45, 2.75) is 17.5 Å². The zero-order valence-corrected chi connectivity index (χ0v) is 19.1. The highest BCUT2D eigenvalue weighted by molar-refractivity contribution is 7.89. The number of morpholine rings is 2. The van der Waals surface area contributed by atoms with Crippen LogP contribution in [0.1, 0.15) is 17.2 Å². The first kappa shape index (κ1) is 23.0. The van der Waals surface area contributed by atoms with Gasteiger partial charge in [0.15, 0.2) is 0 Å². The Kier molecular flexibility index (Phi) is 7.32. The minimum absolute atomic E-state index is 0.104. The molecule has 0 bridgehead atoms. The van der Waals surface area contributed by atoms with Crippen LogP contribution in [0.2, 0.25) is 5.02 Å².